The Bertz CT molecular complexity index is 168. The van der Waals surface area contributed by atoms with E-state index < -0.39 is 11.8 Å². The summed E-state index contributed by atoms with van der Waals surface area (Å²) in [5, 5.41) is 8.27. The molecular formula is C9H16O3S. The molecule has 3 nitrogen and oxygen atoms in total. The molecule has 0 bridgehead atoms. The molecule has 0 atom stereocenters. The highest BCUT2D eigenvalue weighted by Gasteiger charge is 2.09. The van der Waals surface area contributed by atoms with E-state index in [0.29, 0.717) is 6.42 Å². The minimum absolute atomic E-state index is 0.189. The van der Waals surface area contributed by atoms with Gasteiger partial charge in [-0.1, -0.05) is 12.8 Å². The predicted octanol–water partition coefficient (Wildman–Crippen LogP) is 1.95. The van der Waals surface area contributed by atoms with Gasteiger partial charge >= 0.3 is 5.97 Å². The van der Waals surface area contributed by atoms with E-state index >= 15 is 0 Å². The molecule has 4 heteroatoms. The van der Waals surface area contributed by atoms with Gasteiger partial charge in [-0.15, -0.1) is 0 Å². The van der Waals surface area contributed by atoms with Crippen LogP contribution in [-0.4, -0.2) is 28.9 Å². The predicted molar refractivity (Wildman–Crippen MR) is 54.1 cm³/mol. The summed E-state index contributed by atoms with van der Waals surface area (Å²) in [4.78, 5) is 20.7. The van der Waals surface area contributed by atoms with Crippen molar-refractivity contribution >= 4 is 23.5 Å². The molecule has 76 valence electrons. The van der Waals surface area contributed by atoms with Crippen LogP contribution in [0.1, 0.15) is 32.1 Å². The maximum Gasteiger partial charge on any atom is 0.372 e. The van der Waals surface area contributed by atoms with E-state index in [-0.39, 0.29) is 6.42 Å². The zero-order chi connectivity index (χ0) is 10.1. The van der Waals surface area contributed by atoms with E-state index in [4.69, 9.17) is 5.11 Å². The Kier molecular flexibility index (Phi) is 7.79. The van der Waals surface area contributed by atoms with E-state index in [1.54, 1.807) is 0 Å². The lowest BCUT2D eigenvalue weighted by atomic mass is 10.1. The van der Waals surface area contributed by atoms with Gasteiger partial charge in [0.05, 0.1) is 0 Å². The van der Waals surface area contributed by atoms with Crippen LogP contribution in [0.2, 0.25) is 0 Å². The van der Waals surface area contributed by atoms with E-state index in [0.717, 1.165) is 25.0 Å². The van der Waals surface area contributed by atoms with Crippen LogP contribution in [0.5, 0.6) is 0 Å². The molecule has 1 N–H and O–H groups in total. The van der Waals surface area contributed by atoms with Crippen LogP contribution < -0.4 is 0 Å². The minimum atomic E-state index is -1.30. The number of carbonyl (C=O) groups excluding carboxylic acids is 1. The summed E-state index contributed by atoms with van der Waals surface area (Å²) in [7, 11) is 0. The third-order valence-corrected chi connectivity index (χ3v) is 2.44. The van der Waals surface area contributed by atoms with Crippen LogP contribution in [0, 0.1) is 0 Å². The lowest BCUT2D eigenvalue weighted by Gasteiger charge is -1.97. The molecular weight excluding hydrogens is 188 g/mol. The first-order valence-electron chi connectivity index (χ1n) is 4.43. The summed E-state index contributed by atoms with van der Waals surface area (Å²) in [6, 6.07) is 0. The van der Waals surface area contributed by atoms with Crippen molar-refractivity contribution in [2.45, 2.75) is 32.1 Å². The van der Waals surface area contributed by atoms with Crippen molar-refractivity contribution in [1.82, 2.24) is 0 Å². The average molecular weight is 204 g/mol. The Hall–Kier alpha value is -0.510. The van der Waals surface area contributed by atoms with E-state index in [2.05, 4.69) is 6.26 Å². The molecule has 0 unspecified atom stereocenters. The van der Waals surface area contributed by atoms with Crippen LogP contribution in [0.25, 0.3) is 0 Å². The normalized spacial score (nSPS) is 9.92. The summed E-state index contributed by atoms with van der Waals surface area (Å²) in [5.74, 6) is -0.818. The Morgan fingerprint density at radius 3 is 2.31 bits per heavy atom. The number of hydrogen-bond acceptors (Lipinski definition) is 3. The van der Waals surface area contributed by atoms with Crippen LogP contribution in [-0.2, 0) is 9.59 Å². The highest BCUT2D eigenvalue weighted by molar-refractivity contribution is 7.98. The first-order chi connectivity index (χ1) is 6.18. The molecule has 0 spiro atoms. The average Bonchev–Trinajstić information content (AvgIpc) is 2.10. The van der Waals surface area contributed by atoms with E-state index in [9.17, 15) is 9.59 Å². The molecule has 0 heterocycles. The molecule has 0 aromatic carbocycles. The van der Waals surface area contributed by atoms with Gasteiger partial charge in [-0.2, -0.15) is 11.8 Å². The third-order valence-electron chi connectivity index (χ3n) is 1.74. The number of unbranched alkanes of at least 4 members (excludes halogenated alkanes) is 3. The standard InChI is InChI=1S/C9H16O3S/c1-13-7-5-3-2-4-6-8(10)9(11)12/h2-7H2,1H3,(H,11,12). The number of carboxylic acids is 1. The molecule has 0 aliphatic carbocycles. The smallest absolute Gasteiger partial charge is 0.372 e. The van der Waals surface area contributed by atoms with Gasteiger partial charge in [-0.05, 0) is 24.9 Å². The van der Waals surface area contributed by atoms with Gasteiger partial charge in [0.1, 0.15) is 0 Å². The molecule has 0 saturated carbocycles. The van der Waals surface area contributed by atoms with Crippen molar-refractivity contribution in [3.8, 4) is 0 Å². The molecule has 0 aliphatic rings. The van der Waals surface area contributed by atoms with Crippen LogP contribution >= 0.6 is 11.8 Å². The zero-order valence-corrected chi connectivity index (χ0v) is 8.73. The van der Waals surface area contributed by atoms with Crippen molar-refractivity contribution in [1.29, 1.82) is 0 Å². The van der Waals surface area contributed by atoms with E-state index in [1.807, 2.05) is 11.8 Å². The highest BCUT2D eigenvalue weighted by atomic mass is 32.2. The second-order valence-electron chi connectivity index (χ2n) is 2.89. The topological polar surface area (TPSA) is 54.4 Å². The number of carbonyl (C=O) groups is 2. The lowest BCUT2D eigenvalue weighted by Crippen LogP contribution is -2.11. The van der Waals surface area contributed by atoms with Crippen molar-refractivity contribution < 1.29 is 14.7 Å². The summed E-state index contributed by atoms with van der Waals surface area (Å²) in [5.41, 5.74) is 0. The summed E-state index contributed by atoms with van der Waals surface area (Å²) in [6.07, 6.45) is 6.16. The number of thioether (sulfide) groups is 1. The first-order valence-corrected chi connectivity index (χ1v) is 5.83. The van der Waals surface area contributed by atoms with Gasteiger partial charge in [0.15, 0.2) is 0 Å². The zero-order valence-electron chi connectivity index (χ0n) is 7.91. The Balaban J connectivity index is 3.16. The second kappa shape index (κ2) is 8.10. The lowest BCUT2D eigenvalue weighted by molar-refractivity contribution is -0.149. The maximum atomic E-state index is 10.6. The maximum absolute atomic E-state index is 10.6. The monoisotopic (exact) mass is 204 g/mol. The van der Waals surface area contributed by atoms with Gasteiger partial charge < -0.3 is 5.11 Å². The van der Waals surface area contributed by atoms with Gasteiger partial charge in [-0.25, -0.2) is 4.79 Å². The van der Waals surface area contributed by atoms with Crippen molar-refractivity contribution in [2.75, 3.05) is 12.0 Å². The molecule has 13 heavy (non-hydrogen) atoms. The number of hydrogen-bond donors (Lipinski definition) is 1. The van der Waals surface area contributed by atoms with Crippen LogP contribution in [0.15, 0.2) is 0 Å². The molecule has 0 aromatic heterocycles. The fourth-order valence-electron chi connectivity index (χ4n) is 0.992. The Morgan fingerprint density at radius 2 is 1.77 bits per heavy atom. The molecule has 0 amide bonds. The summed E-state index contributed by atoms with van der Waals surface area (Å²) in [6.45, 7) is 0. The molecule has 0 aliphatic heterocycles. The van der Waals surface area contributed by atoms with Crippen molar-refractivity contribution in [2.24, 2.45) is 0 Å². The fourth-order valence-corrected chi connectivity index (χ4v) is 1.49. The number of aliphatic carboxylic acids is 1. The SMILES string of the molecule is CSCCCCCCC(=O)C(=O)O. The number of Topliss-reactive ketones (excluding diaryl/α,β-unsaturated/α-hetero) is 1. The van der Waals surface area contributed by atoms with Crippen molar-refractivity contribution in [3.63, 3.8) is 0 Å². The van der Waals surface area contributed by atoms with Gasteiger partial charge in [0.25, 0.3) is 0 Å². The molecule has 0 fully saturated rings. The largest absolute Gasteiger partial charge is 0.476 e. The fraction of sp³-hybridized carbons (Fsp3) is 0.778. The Morgan fingerprint density at radius 1 is 1.15 bits per heavy atom. The second-order valence-corrected chi connectivity index (χ2v) is 3.87. The molecule has 0 aromatic rings. The number of carboxylic acid groups (broad SMARTS) is 1. The highest BCUT2D eigenvalue weighted by Crippen LogP contribution is 2.06. The van der Waals surface area contributed by atoms with Gasteiger partial charge in [0.2, 0.25) is 5.78 Å². The summed E-state index contributed by atoms with van der Waals surface area (Å²) < 4.78 is 0. The molecule has 0 rings (SSSR count). The Labute approximate surface area is 82.9 Å². The van der Waals surface area contributed by atoms with Crippen LogP contribution in [0.3, 0.4) is 0 Å². The summed E-state index contributed by atoms with van der Waals surface area (Å²) >= 11 is 1.81. The number of rotatable bonds is 8. The van der Waals surface area contributed by atoms with Gasteiger partial charge in [-0.3, -0.25) is 4.79 Å². The quantitative estimate of drug-likeness (QED) is 0.485. The molecule has 0 radical (unpaired) electrons. The van der Waals surface area contributed by atoms with Gasteiger partial charge in [0, 0.05) is 6.42 Å². The minimum Gasteiger partial charge on any atom is -0.476 e. The van der Waals surface area contributed by atoms with Crippen LogP contribution in [0.4, 0.5) is 0 Å². The third kappa shape index (κ3) is 7.84. The van der Waals surface area contributed by atoms with E-state index in [1.165, 1.54) is 0 Å². The van der Waals surface area contributed by atoms with Crippen molar-refractivity contribution in [3.05, 3.63) is 0 Å². The first kappa shape index (κ1) is 12.5. The molecule has 0 saturated heterocycles. The number of ketones is 1.